The molecule has 106 valence electrons. The molecule has 0 saturated heterocycles. The molecule has 0 aliphatic heterocycles. The van der Waals surface area contributed by atoms with E-state index < -0.39 is 0 Å². The van der Waals surface area contributed by atoms with Gasteiger partial charge in [0.1, 0.15) is 0 Å². The zero-order valence-corrected chi connectivity index (χ0v) is 12.0. The fourth-order valence-electron chi connectivity index (χ4n) is 2.73. The molecule has 1 rings (SSSR count). The summed E-state index contributed by atoms with van der Waals surface area (Å²) in [5.74, 6) is 0.134. The fraction of sp³-hybridized carbons (Fsp3) is 0.929. The van der Waals surface area contributed by atoms with Gasteiger partial charge in [-0.25, -0.2) is 0 Å². The van der Waals surface area contributed by atoms with E-state index in [9.17, 15) is 4.79 Å². The van der Waals surface area contributed by atoms with Crippen molar-refractivity contribution in [3.05, 3.63) is 0 Å². The monoisotopic (exact) mass is 255 g/mol. The Hall–Kier alpha value is -0.610. The van der Waals surface area contributed by atoms with Crippen molar-refractivity contribution < 1.29 is 4.79 Å². The zero-order valence-electron chi connectivity index (χ0n) is 12.0. The highest BCUT2D eigenvalue weighted by Crippen LogP contribution is 2.23. The summed E-state index contributed by atoms with van der Waals surface area (Å²) in [6.45, 7) is 3.39. The third-order valence-electron chi connectivity index (χ3n) is 3.99. The van der Waals surface area contributed by atoms with Gasteiger partial charge in [0.2, 0.25) is 5.91 Å². The highest BCUT2D eigenvalue weighted by atomic mass is 16.1. The van der Waals surface area contributed by atoms with E-state index in [4.69, 9.17) is 5.73 Å². The molecular formula is C14H29N3O. The Morgan fingerprint density at radius 3 is 2.61 bits per heavy atom. The standard InChI is InChI=1S/C14H29N3O/c1-3-9-16-14(18)10-13(11-15)17(2)12-7-5-4-6-8-12/h12-13H,3-11,15H2,1-2H3,(H,16,18). The van der Waals surface area contributed by atoms with E-state index in [1.807, 2.05) is 0 Å². The molecule has 1 saturated carbocycles. The van der Waals surface area contributed by atoms with Crippen LogP contribution >= 0.6 is 0 Å². The Kier molecular flexibility index (Phi) is 7.28. The topological polar surface area (TPSA) is 58.4 Å². The van der Waals surface area contributed by atoms with E-state index in [-0.39, 0.29) is 11.9 Å². The number of hydrogen-bond acceptors (Lipinski definition) is 3. The van der Waals surface area contributed by atoms with Crippen LogP contribution in [-0.4, -0.2) is 43.0 Å². The van der Waals surface area contributed by atoms with Crippen LogP contribution in [0.4, 0.5) is 0 Å². The maximum Gasteiger partial charge on any atom is 0.221 e. The van der Waals surface area contributed by atoms with Gasteiger partial charge in [0, 0.05) is 31.6 Å². The second-order valence-electron chi connectivity index (χ2n) is 5.40. The van der Waals surface area contributed by atoms with Crippen LogP contribution in [0.1, 0.15) is 51.9 Å². The van der Waals surface area contributed by atoms with Gasteiger partial charge in [0.05, 0.1) is 0 Å². The number of carbonyl (C=O) groups excluding carboxylic acids is 1. The number of nitrogens with two attached hydrogens (primary N) is 1. The second-order valence-corrected chi connectivity index (χ2v) is 5.40. The van der Waals surface area contributed by atoms with Gasteiger partial charge in [-0.15, -0.1) is 0 Å². The molecule has 1 amide bonds. The fourth-order valence-corrected chi connectivity index (χ4v) is 2.73. The minimum absolute atomic E-state index is 0.134. The average molecular weight is 255 g/mol. The van der Waals surface area contributed by atoms with Crippen LogP contribution in [-0.2, 0) is 4.79 Å². The molecule has 0 bridgehead atoms. The Labute approximate surface area is 111 Å². The molecular weight excluding hydrogens is 226 g/mol. The normalized spacial score (nSPS) is 18.9. The number of hydrogen-bond donors (Lipinski definition) is 2. The minimum atomic E-state index is 0.134. The Balaban J connectivity index is 2.40. The first kappa shape index (κ1) is 15.4. The van der Waals surface area contributed by atoms with E-state index in [1.54, 1.807) is 0 Å². The summed E-state index contributed by atoms with van der Waals surface area (Å²) in [5.41, 5.74) is 5.84. The maximum absolute atomic E-state index is 11.8. The Morgan fingerprint density at radius 2 is 2.06 bits per heavy atom. The first-order valence-corrected chi connectivity index (χ1v) is 7.37. The van der Waals surface area contributed by atoms with Crippen molar-refractivity contribution in [1.29, 1.82) is 0 Å². The van der Waals surface area contributed by atoms with Gasteiger partial charge >= 0.3 is 0 Å². The van der Waals surface area contributed by atoms with Gasteiger partial charge in [-0.05, 0) is 26.3 Å². The van der Waals surface area contributed by atoms with Crippen LogP contribution in [0.5, 0.6) is 0 Å². The predicted octanol–water partition coefficient (Wildman–Crippen LogP) is 1.49. The quantitative estimate of drug-likeness (QED) is 0.725. The number of amides is 1. The molecule has 0 heterocycles. The van der Waals surface area contributed by atoms with Crippen molar-refractivity contribution in [3.63, 3.8) is 0 Å². The zero-order chi connectivity index (χ0) is 13.4. The number of rotatable bonds is 7. The highest BCUT2D eigenvalue weighted by molar-refractivity contribution is 5.76. The number of likely N-dealkylation sites (N-methyl/N-ethyl adjacent to an activating group) is 1. The van der Waals surface area contributed by atoms with Gasteiger partial charge < -0.3 is 11.1 Å². The third kappa shape index (κ3) is 4.94. The van der Waals surface area contributed by atoms with Crippen molar-refractivity contribution in [3.8, 4) is 0 Å². The van der Waals surface area contributed by atoms with Crippen molar-refractivity contribution in [2.45, 2.75) is 64.0 Å². The molecule has 0 spiro atoms. The SMILES string of the molecule is CCCNC(=O)CC(CN)N(C)C1CCCCC1. The molecule has 4 heteroatoms. The average Bonchev–Trinajstić information content (AvgIpc) is 2.42. The number of carbonyl (C=O) groups is 1. The van der Waals surface area contributed by atoms with Gasteiger partial charge in [0.25, 0.3) is 0 Å². The van der Waals surface area contributed by atoms with E-state index in [0.29, 0.717) is 19.0 Å². The lowest BCUT2D eigenvalue weighted by atomic mass is 9.93. The summed E-state index contributed by atoms with van der Waals surface area (Å²) >= 11 is 0. The summed E-state index contributed by atoms with van der Waals surface area (Å²) in [6.07, 6.45) is 8.01. The molecule has 0 aromatic carbocycles. The molecule has 18 heavy (non-hydrogen) atoms. The molecule has 1 atom stereocenters. The van der Waals surface area contributed by atoms with Crippen LogP contribution in [0.25, 0.3) is 0 Å². The van der Waals surface area contributed by atoms with Crippen LogP contribution < -0.4 is 11.1 Å². The lowest BCUT2D eigenvalue weighted by Gasteiger charge is -2.36. The largest absolute Gasteiger partial charge is 0.356 e. The first-order valence-electron chi connectivity index (χ1n) is 7.37. The summed E-state index contributed by atoms with van der Waals surface area (Å²) in [4.78, 5) is 14.1. The van der Waals surface area contributed by atoms with Crippen LogP contribution in [0.2, 0.25) is 0 Å². The molecule has 1 fully saturated rings. The van der Waals surface area contributed by atoms with Crippen molar-refractivity contribution in [1.82, 2.24) is 10.2 Å². The predicted molar refractivity (Wildman–Crippen MR) is 75.4 cm³/mol. The maximum atomic E-state index is 11.8. The smallest absolute Gasteiger partial charge is 0.221 e. The minimum Gasteiger partial charge on any atom is -0.356 e. The summed E-state index contributed by atoms with van der Waals surface area (Å²) in [7, 11) is 2.13. The molecule has 0 aromatic heterocycles. The van der Waals surface area contributed by atoms with Crippen LogP contribution in [0.15, 0.2) is 0 Å². The lowest BCUT2D eigenvalue weighted by molar-refractivity contribution is -0.122. The molecule has 0 radical (unpaired) electrons. The van der Waals surface area contributed by atoms with Gasteiger partial charge in [-0.2, -0.15) is 0 Å². The summed E-state index contributed by atoms with van der Waals surface area (Å²) in [6, 6.07) is 0.802. The first-order chi connectivity index (χ1) is 8.69. The molecule has 1 unspecified atom stereocenters. The molecule has 1 aliphatic carbocycles. The van der Waals surface area contributed by atoms with Crippen molar-refractivity contribution in [2.24, 2.45) is 5.73 Å². The van der Waals surface area contributed by atoms with Gasteiger partial charge in [-0.3, -0.25) is 9.69 Å². The molecule has 4 nitrogen and oxygen atoms in total. The highest BCUT2D eigenvalue weighted by Gasteiger charge is 2.25. The summed E-state index contributed by atoms with van der Waals surface area (Å²) in [5, 5.41) is 2.93. The van der Waals surface area contributed by atoms with Crippen LogP contribution in [0.3, 0.4) is 0 Å². The van der Waals surface area contributed by atoms with Crippen molar-refractivity contribution >= 4 is 5.91 Å². The second kappa shape index (κ2) is 8.48. The van der Waals surface area contributed by atoms with Crippen molar-refractivity contribution in [2.75, 3.05) is 20.1 Å². The van der Waals surface area contributed by atoms with E-state index in [1.165, 1.54) is 32.1 Å². The third-order valence-corrected chi connectivity index (χ3v) is 3.99. The molecule has 3 N–H and O–H groups in total. The number of nitrogens with zero attached hydrogens (tertiary/aromatic N) is 1. The van der Waals surface area contributed by atoms with E-state index in [0.717, 1.165) is 13.0 Å². The van der Waals surface area contributed by atoms with Crippen LogP contribution in [0, 0.1) is 0 Å². The van der Waals surface area contributed by atoms with E-state index in [2.05, 4.69) is 24.2 Å². The summed E-state index contributed by atoms with van der Waals surface area (Å²) < 4.78 is 0. The Bertz CT molecular complexity index is 239. The molecule has 1 aliphatic rings. The van der Waals surface area contributed by atoms with Gasteiger partial charge in [0.15, 0.2) is 0 Å². The lowest BCUT2D eigenvalue weighted by Crippen LogP contribution is -2.47. The molecule has 0 aromatic rings. The van der Waals surface area contributed by atoms with Gasteiger partial charge in [-0.1, -0.05) is 26.2 Å². The van der Waals surface area contributed by atoms with E-state index >= 15 is 0 Å². The Morgan fingerprint density at radius 1 is 1.39 bits per heavy atom. The number of nitrogens with one attached hydrogen (secondary N) is 1.